The number of rotatable bonds is 2. The quantitative estimate of drug-likeness (QED) is 0.590. The highest BCUT2D eigenvalue weighted by atomic mass is 16.6. The molecular weight excluding hydrogens is 216 g/mol. The molecule has 0 N–H and O–H groups in total. The highest BCUT2D eigenvalue weighted by Crippen LogP contribution is 2.16. The first-order valence-corrected chi connectivity index (χ1v) is 5.31. The van der Waals surface area contributed by atoms with Gasteiger partial charge in [0.05, 0.1) is 40.1 Å². The van der Waals surface area contributed by atoms with Gasteiger partial charge in [0.1, 0.15) is 12.2 Å². The summed E-state index contributed by atoms with van der Waals surface area (Å²) in [6, 6.07) is 0. The fourth-order valence-corrected chi connectivity index (χ4v) is 1.75. The Bertz CT molecular complexity index is 237. The van der Waals surface area contributed by atoms with Crippen molar-refractivity contribution in [2.45, 2.75) is 18.3 Å². The van der Waals surface area contributed by atoms with Gasteiger partial charge >= 0.3 is 5.97 Å². The van der Waals surface area contributed by atoms with Crippen LogP contribution in [0.1, 0.15) is 0 Å². The van der Waals surface area contributed by atoms with Crippen molar-refractivity contribution in [3.8, 4) is 0 Å². The summed E-state index contributed by atoms with van der Waals surface area (Å²) in [6.45, 7) is 2.28. The monoisotopic (exact) mass is 232 g/mol. The maximum Gasteiger partial charge on any atom is 0.337 e. The van der Waals surface area contributed by atoms with Crippen molar-refractivity contribution in [3.05, 3.63) is 0 Å². The molecule has 0 aromatic rings. The lowest BCUT2D eigenvalue weighted by molar-refractivity contribution is -0.218. The van der Waals surface area contributed by atoms with E-state index < -0.39 is 12.1 Å². The van der Waals surface area contributed by atoms with E-state index in [0.717, 1.165) is 0 Å². The zero-order chi connectivity index (χ0) is 11.4. The van der Waals surface area contributed by atoms with Crippen LogP contribution in [0.4, 0.5) is 0 Å². The van der Waals surface area contributed by atoms with Gasteiger partial charge in [-0.2, -0.15) is 0 Å². The van der Waals surface area contributed by atoms with Crippen LogP contribution >= 0.6 is 0 Å². The van der Waals surface area contributed by atoms with Gasteiger partial charge in [-0.1, -0.05) is 0 Å². The summed E-state index contributed by atoms with van der Waals surface area (Å²) < 4.78 is 26.3. The zero-order valence-electron chi connectivity index (χ0n) is 9.22. The maximum atomic E-state index is 11.3. The van der Waals surface area contributed by atoms with Crippen LogP contribution in [0.25, 0.3) is 0 Å². The van der Waals surface area contributed by atoms with Gasteiger partial charge < -0.3 is 23.7 Å². The molecule has 0 saturated carbocycles. The van der Waals surface area contributed by atoms with Gasteiger partial charge in [0.2, 0.25) is 0 Å². The van der Waals surface area contributed by atoms with Crippen LogP contribution in [0.3, 0.4) is 0 Å². The van der Waals surface area contributed by atoms with Crippen LogP contribution < -0.4 is 0 Å². The summed E-state index contributed by atoms with van der Waals surface area (Å²) in [5.41, 5.74) is 0. The Morgan fingerprint density at radius 2 is 1.94 bits per heavy atom. The Hall–Kier alpha value is -0.690. The number of ether oxygens (including phenoxy) is 5. The van der Waals surface area contributed by atoms with Crippen molar-refractivity contribution in [3.63, 3.8) is 0 Å². The van der Waals surface area contributed by atoms with E-state index in [-0.39, 0.29) is 18.8 Å². The number of hydrogen-bond donors (Lipinski definition) is 0. The van der Waals surface area contributed by atoms with E-state index >= 15 is 0 Å². The van der Waals surface area contributed by atoms with Crippen molar-refractivity contribution < 1.29 is 28.5 Å². The molecule has 0 spiro atoms. The van der Waals surface area contributed by atoms with Crippen molar-refractivity contribution in [2.24, 2.45) is 0 Å². The van der Waals surface area contributed by atoms with E-state index in [4.69, 9.17) is 18.9 Å². The first kappa shape index (κ1) is 11.8. The molecule has 3 unspecified atom stereocenters. The lowest BCUT2D eigenvalue weighted by Gasteiger charge is -2.35. The largest absolute Gasteiger partial charge is 0.467 e. The molecule has 2 heterocycles. The normalized spacial score (nSPS) is 35.7. The molecule has 6 heteroatoms. The Balaban J connectivity index is 1.87. The second-order valence-electron chi connectivity index (χ2n) is 3.71. The molecule has 2 aliphatic heterocycles. The summed E-state index contributed by atoms with van der Waals surface area (Å²) in [5.74, 6) is -0.415. The second kappa shape index (κ2) is 5.58. The molecule has 2 fully saturated rings. The fourth-order valence-electron chi connectivity index (χ4n) is 1.75. The molecule has 0 aromatic carbocycles. The molecule has 0 amide bonds. The Kier molecular flexibility index (Phi) is 4.11. The molecular formula is C10H16O6. The van der Waals surface area contributed by atoms with E-state index in [1.54, 1.807) is 0 Å². The van der Waals surface area contributed by atoms with Crippen LogP contribution in [0, 0.1) is 0 Å². The SMILES string of the molecule is COC(=O)C1COCC(C2COCCO2)O1. The number of carbonyl (C=O) groups excluding carboxylic acids is 1. The molecule has 6 nitrogen and oxygen atoms in total. The van der Waals surface area contributed by atoms with Crippen LogP contribution in [-0.2, 0) is 28.5 Å². The van der Waals surface area contributed by atoms with E-state index in [9.17, 15) is 4.79 Å². The standard InChI is InChI=1S/C10H16O6/c1-12-10(11)9-6-14-5-8(16-9)7-4-13-2-3-15-7/h7-9H,2-6H2,1H3. The lowest BCUT2D eigenvalue weighted by Crippen LogP contribution is -2.50. The molecule has 0 radical (unpaired) electrons. The lowest BCUT2D eigenvalue weighted by atomic mass is 10.2. The van der Waals surface area contributed by atoms with Crippen molar-refractivity contribution >= 4 is 5.97 Å². The van der Waals surface area contributed by atoms with Gasteiger partial charge in [-0.3, -0.25) is 0 Å². The van der Waals surface area contributed by atoms with E-state index in [2.05, 4.69) is 4.74 Å². The topological polar surface area (TPSA) is 63.2 Å². The van der Waals surface area contributed by atoms with Gasteiger partial charge in [-0.15, -0.1) is 0 Å². The highest BCUT2D eigenvalue weighted by molar-refractivity contribution is 5.74. The Morgan fingerprint density at radius 3 is 2.62 bits per heavy atom. The minimum atomic E-state index is -0.658. The first-order chi connectivity index (χ1) is 7.81. The van der Waals surface area contributed by atoms with Crippen molar-refractivity contribution in [1.29, 1.82) is 0 Å². The molecule has 0 aliphatic carbocycles. The molecule has 2 aliphatic rings. The summed E-state index contributed by atoms with van der Waals surface area (Å²) >= 11 is 0. The van der Waals surface area contributed by atoms with E-state index in [1.165, 1.54) is 7.11 Å². The van der Waals surface area contributed by atoms with Gasteiger partial charge in [0.15, 0.2) is 6.10 Å². The highest BCUT2D eigenvalue weighted by Gasteiger charge is 2.35. The molecule has 0 bridgehead atoms. The zero-order valence-corrected chi connectivity index (χ0v) is 9.22. The third kappa shape index (κ3) is 2.70. The van der Waals surface area contributed by atoms with Crippen molar-refractivity contribution in [2.75, 3.05) is 40.1 Å². The molecule has 2 rings (SSSR count). The molecule has 16 heavy (non-hydrogen) atoms. The summed E-state index contributed by atoms with van der Waals surface area (Å²) in [4.78, 5) is 11.3. The second-order valence-corrected chi connectivity index (χ2v) is 3.71. The molecule has 0 aromatic heterocycles. The third-order valence-electron chi connectivity index (χ3n) is 2.61. The summed E-state index contributed by atoms with van der Waals surface area (Å²) in [5, 5.41) is 0. The van der Waals surface area contributed by atoms with E-state index in [1.807, 2.05) is 0 Å². The third-order valence-corrected chi connectivity index (χ3v) is 2.61. The predicted octanol–water partition coefficient (Wildman–Crippen LogP) is -0.641. The van der Waals surface area contributed by atoms with Crippen LogP contribution in [0.5, 0.6) is 0 Å². The van der Waals surface area contributed by atoms with Crippen LogP contribution in [0.15, 0.2) is 0 Å². The molecule has 92 valence electrons. The van der Waals surface area contributed by atoms with Crippen molar-refractivity contribution in [1.82, 2.24) is 0 Å². The number of methoxy groups -OCH3 is 1. The average Bonchev–Trinajstić information content (AvgIpc) is 2.39. The predicted molar refractivity (Wildman–Crippen MR) is 52.1 cm³/mol. The molecule has 3 atom stereocenters. The van der Waals surface area contributed by atoms with Gasteiger partial charge in [0, 0.05) is 0 Å². The smallest absolute Gasteiger partial charge is 0.337 e. The number of esters is 1. The first-order valence-electron chi connectivity index (χ1n) is 5.31. The minimum Gasteiger partial charge on any atom is -0.467 e. The van der Waals surface area contributed by atoms with E-state index in [0.29, 0.717) is 26.4 Å². The van der Waals surface area contributed by atoms with Crippen LogP contribution in [-0.4, -0.2) is 64.4 Å². The van der Waals surface area contributed by atoms with Gasteiger partial charge in [-0.25, -0.2) is 4.79 Å². The van der Waals surface area contributed by atoms with Gasteiger partial charge in [-0.05, 0) is 0 Å². The fraction of sp³-hybridized carbons (Fsp3) is 0.900. The maximum absolute atomic E-state index is 11.3. The van der Waals surface area contributed by atoms with Gasteiger partial charge in [0.25, 0.3) is 0 Å². The number of carbonyl (C=O) groups is 1. The number of hydrogen-bond acceptors (Lipinski definition) is 6. The minimum absolute atomic E-state index is 0.166. The Labute approximate surface area is 93.7 Å². The Morgan fingerprint density at radius 1 is 1.12 bits per heavy atom. The van der Waals surface area contributed by atoms with Crippen LogP contribution in [0.2, 0.25) is 0 Å². The summed E-state index contributed by atoms with van der Waals surface area (Å²) in [7, 11) is 1.33. The molecule has 2 saturated heterocycles. The summed E-state index contributed by atoms with van der Waals surface area (Å²) in [6.07, 6.45) is -1.09. The average molecular weight is 232 g/mol.